The molecule has 1 aromatic carbocycles. The summed E-state index contributed by atoms with van der Waals surface area (Å²) in [6.07, 6.45) is 3.75. The van der Waals surface area contributed by atoms with Crippen LogP contribution in [0.4, 0.5) is 0 Å². The number of likely N-dealkylation sites (N-methyl/N-ethyl adjacent to an activating group) is 1. The van der Waals surface area contributed by atoms with Crippen LogP contribution in [-0.2, 0) is 6.54 Å². The van der Waals surface area contributed by atoms with Crippen molar-refractivity contribution in [1.29, 1.82) is 0 Å². The van der Waals surface area contributed by atoms with Crippen molar-refractivity contribution in [3.05, 3.63) is 48.3 Å². The summed E-state index contributed by atoms with van der Waals surface area (Å²) in [6, 6.07) is 10.2. The molecular formula is C14H18IN5. The number of halogens is 1. The highest BCUT2D eigenvalue weighted by Crippen LogP contribution is 2.13. The van der Waals surface area contributed by atoms with Crippen LogP contribution >= 0.6 is 24.0 Å². The molecule has 0 saturated carbocycles. The Morgan fingerprint density at radius 1 is 1.25 bits per heavy atom. The van der Waals surface area contributed by atoms with E-state index in [2.05, 4.69) is 39.5 Å². The summed E-state index contributed by atoms with van der Waals surface area (Å²) in [5, 5.41) is 7.67. The number of benzene rings is 1. The Hall–Kier alpha value is -1.57. The molecule has 0 amide bonds. The van der Waals surface area contributed by atoms with Crippen LogP contribution in [0.2, 0.25) is 0 Å². The molecule has 3 rings (SSSR count). The largest absolute Gasteiger partial charge is 0.352 e. The van der Waals surface area contributed by atoms with E-state index in [0.29, 0.717) is 0 Å². The first-order chi connectivity index (χ1) is 9.34. The van der Waals surface area contributed by atoms with Crippen LogP contribution in [-0.4, -0.2) is 40.8 Å². The molecule has 5 nitrogen and oxygen atoms in total. The van der Waals surface area contributed by atoms with Crippen molar-refractivity contribution < 1.29 is 0 Å². The van der Waals surface area contributed by atoms with E-state index >= 15 is 0 Å². The molecule has 0 aliphatic carbocycles. The zero-order valence-electron chi connectivity index (χ0n) is 11.4. The third kappa shape index (κ3) is 3.12. The molecular weight excluding hydrogens is 365 g/mol. The van der Waals surface area contributed by atoms with Gasteiger partial charge in [-0.05, 0) is 17.7 Å². The van der Waals surface area contributed by atoms with Gasteiger partial charge in [-0.2, -0.15) is 5.10 Å². The molecule has 0 spiro atoms. The molecule has 106 valence electrons. The van der Waals surface area contributed by atoms with E-state index in [4.69, 9.17) is 0 Å². The highest BCUT2D eigenvalue weighted by atomic mass is 127. The van der Waals surface area contributed by atoms with E-state index in [9.17, 15) is 0 Å². The lowest BCUT2D eigenvalue weighted by Gasteiger charge is -2.16. The van der Waals surface area contributed by atoms with Gasteiger partial charge in [-0.25, -0.2) is 4.68 Å². The standard InChI is InChI=1S/C14H17N5.HI/c1-18-10-8-15-14(18)16-11-12-5-2-3-6-13(12)19-9-4-7-17-19;/h2-7,9H,8,10-11H2,1H3,(H,15,16);1H. The van der Waals surface area contributed by atoms with E-state index in [1.54, 1.807) is 6.20 Å². The number of guanidine groups is 1. The van der Waals surface area contributed by atoms with Gasteiger partial charge in [0.2, 0.25) is 0 Å². The predicted molar refractivity (Wildman–Crippen MR) is 90.8 cm³/mol. The van der Waals surface area contributed by atoms with Crippen LogP contribution in [0.5, 0.6) is 0 Å². The second-order valence-electron chi connectivity index (χ2n) is 4.56. The molecule has 0 saturated heterocycles. The minimum atomic E-state index is 0. The molecule has 0 fully saturated rings. The maximum absolute atomic E-state index is 4.43. The van der Waals surface area contributed by atoms with Crippen molar-refractivity contribution in [2.45, 2.75) is 6.54 Å². The van der Waals surface area contributed by atoms with Crippen molar-refractivity contribution in [2.24, 2.45) is 4.99 Å². The summed E-state index contributed by atoms with van der Waals surface area (Å²) in [6.45, 7) is 2.61. The Labute approximate surface area is 135 Å². The summed E-state index contributed by atoms with van der Waals surface area (Å²) in [5.41, 5.74) is 2.30. The van der Waals surface area contributed by atoms with Gasteiger partial charge in [0.1, 0.15) is 0 Å². The second-order valence-corrected chi connectivity index (χ2v) is 4.56. The molecule has 1 aromatic heterocycles. The average molecular weight is 383 g/mol. The van der Waals surface area contributed by atoms with Gasteiger partial charge in [0.25, 0.3) is 0 Å². The first kappa shape index (κ1) is 14.8. The minimum absolute atomic E-state index is 0. The smallest absolute Gasteiger partial charge is 0.194 e. The Kier molecular flexibility index (Phi) is 4.99. The highest BCUT2D eigenvalue weighted by Gasteiger charge is 2.12. The van der Waals surface area contributed by atoms with E-state index in [-0.39, 0.29) is 24.0 Å². The molecule has 20 heavy (non-hydrogen) atoms. The summed E-state index contributed by atoms with van der Waals surface area (Å²) in [4.78, 5) is 6.57. The van der Waals surface area contributed by atoms with E-state index < -0.39 is 0 Å². The SMILES string of the molecule is CN1CCN=C1NCc1ccccc1-n1cccn1.I. The fourth-order valence-electron chi connectivity index (χ4n) is 2.19. The van der Waals surface area contributed by atoms with E-state index in [1.165, 1.54) is 5.56 Å². The summed E-state index contributed by atoms with van der Waals surface area (Å²) >= 11 is 0. The zero-order valence-corrected chi connectivity index (χ0v) is 13.7. The summed E-state index contributed by atoms with van der Waals surface area (Å²) in [7, 11) is 2.05. The molecule has 0 bridgehead atoms. The first-order valence-electron chi connectivity index (χ1n) is 6.42. The second kappa shape index (κ2) is 6.74. The Bertz CT molecular complexity index is 579. The number of rotatable bonds is 3. The molecule has 1 aliphatic rings. The Morgan fingerprint density at radius 2 is 2.10 bits per heavy atom. The van der Waals surface area contributed by atoms with Gasteiger partial charge in [0.05, 0.1) is 12.2 Å². The van der Waals surface area contributed by atoms with Gasteiger partial charge in [0, 0.05) is 32.5 Å². The number of aliphatic imine (C=N–C) groups is 1. The summed E-state index contributed by atoms with van der Waals surface area (Å²) in [5.74, 6) is 0.968. The topological polar surface area (TPSA) is 45.5 Å². The van der Waals surface area contributed by atoms with Crippen molar-refractivity contribution >= 4 is 29.9 Å². The zero-order chi connectivity index (χ0) is 13.1. The third-order valence-corrected chi connectivity index (χ3v) is 3.24. The number of hydrogen-bond donors (Lipinski definition) is 1. The molecule has 1 aliphatic heterocycles. The monoisotopic (exact) mass is 383 g/mol. The van der Waals surface area contributed by atoms with Crippen molar-refractivity contribution in [1.82, 2.24) is 20.0 Å². The van der Waals surface area contributed by atoms with Crippen molar-refractivity contribution in [2.75, 3.05) is 20.1 Å². The molecule has 1 N–H and O–H groups in total. The molecule has 0 radical (unpaired) electrons. The number of para-hydroxylation sites is 1. The molecule has 6 heteroatoms. The van der Waals surface area contributed by atoms with Gasteiger partial charge in [-0.3, -0.25) is 4.99 Å². The quantitative estimate of drug-likeness (QED) is 0.824. The number of nitrogens with one attached hydrogen (secondary N) is 1. The number of aromatic nitrogens is 2. The fourth-order valence-corrected chi connectivity index (χ4v) is 2.19. The van der Waals surface area contributed by atoms with Gasteiger partial charge in [-0.15, -0.1) is 24.0 Å². The molecule has 0 atom stereocenters. The van der Waals surface area contributed by atoms with Crippen LogP contribution in [0.15, 0.2) is 47.7 Å². The highest BCUT2D eigenvalue weighted by molar-refractivity contribution is 14.0. The fraction of sp³-hybridized carbons (Fsp3) is 0.286. The van der Waals surface area contributed by atoms with Crippen LogP contribution in [0.3, 0.4) is 0 Å². The first-order valence-corrected chi connectivity index (χ1v) is 6.42. The lowest BCUT2D eigenvalue weighted by atomic mass is 10.2. The van der Waals surface area contributed by atoms with Crippen LogP contribution in [0, 0.1) is 0 Å². The summed E-state index contributed by atoms with van der Waals surface area (Å²) < 4.78 is 1.89. The van der Waals surface area contributed by atoms with Crippen LogP contribution in [0.1, 0.15) is 5.56 Å². The maximum atomic E-state index is 4.43. The molecule has 2 aromatic rings. The number of hydrogen-bond acceptors (Lipinski definition) is 4. The number of nitrogens with zero attached hydrogens (tertiary/aromatic N) is 4. The predicted octanol–water partition coefficient (Wildman–Crippen LogP) is 1.88. The Balaban J connectivity index is 0.00000147. The maximum Gasteiger partial charge on any atom is 0.194 e. The Morgan fingerprint density at radius 3 is 2.80 bits per heavy atom. The van der Waals surface area contributed by atoms with Crippen LogP contribution < -0.4 is 5.32 Å². The average Bonchev–Trinajstić information content (AvgIpc) is 3.08. The third-order valence-electron chi connectivity index (χ3n) is 3.24. The normalized spacial score (nSPS) is 13.8. The van der Waals surface area contributed by atoms with Crippen molar-refractivity contribution in [3.8, 4) is 5.69 Å². The lowest BCUT2D eigenvalue weighted by Crippen LogP contribution is -2.35. The van der Waals surface area contributed by atoms with Crippen LogP contribution in [0.25, 0.3) is 5.69 Å². The van der Waals surface area contributed by atoms with Gasteiger partial charge < -0.3 is 10.2 Å². The van der Waals surface area contributed by atoms with Gasteiger partial charge >= 0.3 is 0 Å². The van der Waals surface area contributed by atoms with E-state index in [0.717, 1.165) is 31.3 Å². The van der Waals surface area contributed by atoms with Gasteiger partial charge in [0.15, 0.2) is 5.96 Å². The lowest BCUT2D eigenvalue weighted by molar-refractivity contribution is 0.534. The van der Waals surface area contributed by atoms with Crippen molar-refractivity contribution in [3.63, 3.8) is 0 Å². The van der Waals surface area contributed by atoms with Gasteiger partial charge in [-0.1, -0.05) is 18.2 Å². The molecule has 2 heterocycles. The molecule has 0 unspecified atom stereocenters. The van der Waals surface area contributed by atoms with E-state index in [1.807, 2.05) is 29.1 Å². The minimum Gasteiger partial charge on any atom is -0.352 e.